The Morgan fingerprint density at radius 2 is 1.06 bits per heavy atom. The maximum atomic E-state index is 5.30. The van der Waals surface area contributed by atoms with Crippen molar-refractivity contribution >= 4 is 95.6 Å². The van der Waals surface area contributed by atoms with Crippen LogP contribution in [0.5, 0.6) is 0 Å². The molecule has 11 aromatic rings. The molecular weight excluding hydrogens is 637 g/mol. The van der Waals surface area contributed by atoms with Crippen molar-refractivity contribution in [2.75, 3.05) is 0 Å². The molecule has 0 fully saturated rings. The molecule has 0 amide bonds. The van der Waals surface area contributed by atoms with Gasteiger partial charge >= 0.3 is 0 Å². The van der Waals surface area contributed by atoms with Gasteiger partial charge in [0.2, 0.25) is 5.95 Å². The van der Waals surface area contributed by atoms with E-state index >= 15 is 0 Å². The van der Waals surface area contributed by atoms with Crippen LogP contribution in [-0.2, 0) is 0 Å². The van der Waals surface area contributed by atoms with Crippen molar-refractivity contribution in [3.63, 3.8) is 0 Å². The first kappa shape index (κ1) is 27.0. The molecule has 0 unspecified atom stereocenters. The van der Waals surface area contributed by atoms with Crippen molar-refractivity contribution in [3.05, 3.63) is 146 Å². The van der Waals surface area contributed by atoms with Crippen LogP contribution >= 0.6 is 22.7 Å². The highest BCUT2D eigenvalue weighted by Crippen LogP contribution is 2.42. The molecule has 7 aromatic carbocycles. The van der Waals surface area contributed by atoms with E-state index in [1.165, 1.54) is 61.9 Å². The summed E-state index contributed by atoms with van der Waals surface area (Å²) in [4.78, 5) is 15.9. The lowest BCUT2D eigenvalue weighted by atomic mass is 10.0. The standard InChI is InChI=1S/C43H24N4S2/c1-5-15-34-27(10-1)28-11-2-6-16-35(28)47(34)43-45-41(44-42(46-43)32-14-9-19-38-39(32)31-13-4-8-18-37(31)48-38)26-21-20-25-22-23-30-29-12-3-7-17-36(29)49-40(30)33(25)24-26/h1-24H. The molecular formula is C43H24N4S2. The molecule has 0 spiro atoms. The summed E-state index contributed by atoms with van der Waals surface area (Å²) >= 11 is 3.65. The van der Waals surface area contributed by atoms with E-state index in [1.54, 1.807) is 11.3 Å². The number of hydrogen-bond acceptors (Lipinski definition) is 5. The topological polar surface area (TPSA) is 43.6 Å². The highest BCUT2D eigenvalue weighted by Gasteiger charge is 2.20. The van der Waals surface area contributed by atoms with E-state index in [-0.39, 0.29) is 0 Å². The quantitative estimate of drug-likeness (QED) is 0.189. The van der Waals surface area contributed by atoms with Crippen LogP contribution in [0.2, 0.25) is 0 Å². The summed E-state index contributed by atoms with van der Waals surface area (Å²) in [6.07, 6.45) is 0. The largest absolute Gasteiger partial charge is 0.278 e. The van der Waals surface area contributed by atoms with E-state index in [0.717, 1.165) is 22.2 Å². The normalized spacial score (nSPS) is 12.1. The summed E-state index contributed by atoms with van der Waals surface area (Å²) in [5, 5.41) is 9.73. The monoisotopic (exact) mass is 660 g/mol. The van der Waals surface area contributed by atoms with Gasteiger partial charge in [0.15, 0.2) is 11.6 Å². The second-order valence-corrected chi connectivity index (χ2v) is 14.5. The molecule has 0 bridgehead atoms. The van der Waals surface area contributed by atoms with Gasteiger partial charge in [-0.1, -0.05) is 109 Å². The van der Waals surface area contributed by atoms with Crippen molar-refractivity contribution in [2.24, 2.45) is 0 Å². The maximum absolute atomic E-state index is 5.30. The molecule has 6 heteroatoms. The Hall–Kier alpha value is -5.95. The lowest BCUT2D eigenvalue weighted by molar-refractivity contribution is 0.954. The summed E-state index contributed by atoms with van der Waals surface area (Å²) in [6.45, 7) is 0. The van der Waals surface area contributed by atoms with Gasteiger partial charge < -0.3 is 0 Å². The molecule has 0 saturated carbocycles. The summed E-state index contributed by atoms with van der Waals surface area (Å²) in [5.74, 6) is 1.92. The van der Waals surface area contributed by atoms with Gasteiger partial charge in [0.25, 0.3) is 0 Å². The first-order chi connectivity index (χ1) is 24.3. The molecule has 0 aliphatic carbocycles. The number of fused-ring (bicyclic) bond motifs is 11. The first-order valence-corrected chi connectivity index (χ1v) is 17.9. The first-order valence-electron chi connectivity index (χ1n) is 16.3. The molecule has 0 saturated heterocycles. The third-order valence-electron chi connectivity index (χ3n) is 9.67. The van der Waals surface area contributed by atoms with Gasteiger partial charge in [-0.3, -0.25) is 4.57 Å². The molecule has 4 heterocycles. The lowest BCUT2D eigenvalue weighted by Gasteiger charge is -2.12. The molecule has 228 valence electrons. The van der Waals surface area contributed by atoms with Crippen LogP contribution in [0.1, 0.15) is 0 Å². The van der Waals surface area contributed by atoms with E-state index in [9.17, 15) is 0 Å². The van der Waals surface area contributed by atoms with Gasteiger partial charge in [-0.15, -0.1) is 22.7 Å². The summed E-state index contributed by atoms with van der Waals surface area (Å²) in [5.41, 5.74) is 4.10. The van der Waals surface area contributed by atoms with E-state index in [2.05, 4.69) is 150 Å². The maximum Gasteiger partial charge on any atom is 0.238 e. The van der Waals surface area contributed by atoms with Gasteiger partial charge in [-0.2, -0.15) is 9.97 Å². The van der Waals surface area contributed by atoms with Gasteiger partial charge in [-0.25, -0.2) is 4.98 Å². The van der Waals surface area contributed by atoms with Crippen molar-refractivity contribution < 1.29 is 0 Å². The Morgan fingerprint density at radius 3 is 1.86 bits per heavy atom. The highest BCUT2D eigenvalue weighted by atomic mass is 32.1. The zero-order valence-corrected chi connectivity index (χ0v) is 27.6. The zero-order valence-electron chi connectivity index (χ0n) is 26.0. The fourth-order valence-electron chi connectivity index (χ4n) is 7.45. The van der Waals surface area contributed by atoms with Crippen LogP contribution in [0.3, 0.4) is 0 Å². The Balaban J connectivity index is 1.23. The van der Waals surface area contributed by atoms with Crippen molar-refractivity contribution in [1.82, 2.24) is 19.5 Å². The fourth-order valence-corrected chi connectivity index (χ4v) is 9.82. The van der Waals surface area contributed by atoms with Crippen LogP contribution in [0.15, 0.2) is 146 Å². The molecule has 4 nitrogen and oxygen atoms in total. The van der Waals surface area contributed by atoms with Gasteiger partial charge in [0.1, 0.15) is 0 Å². The molecule has 0 radical (unpaired) electrons. The van der Waals surface area contributed by atoms with E-state index in [1.807, 2.05) is 11.3 Å². The predicted octanol–water partition coefficient (Wildman–Crippen LogP) is 12.2. The summed E-state index contributed by atoms with van der Waals surface area (Å²) in [6, 6.07) is 51.8. The Morgan fingerprint density at radius 1 is 0.429 bits per heavy atom. The molecule has 0 aliphatic rings. The lowest BCUT2D eigenvalue weighted by Crippen LogP contribution is -2.06. The number of benzene rings is 7. The van der Waals surface area contributed by atoms with E-state index < -0.39 is 0 Å². The average Bonchev–Trinajstić information content (AvgIpc) is 3.84. The summed E-state index contributed by atoms with van der Waals surface area (Å²) < 4.78 is 7.24. The molecule has 0 N–H and O–H groups in total. The second-order valence-electron chi connectivity index (χ2n) is 12.4. The number of hydrogen-bond donors (Lipinski definition) is 0. The van der Waals surface area contributed by atoms with E-state index in [0.29, 0.717) is 17.6 Å². The van der Waals surface area contributed by atoms with Gasteiger partial charge in [0.05, 0.1) is 11.0 Å². The van der Waals surface area contributed by atoms with Gasteiger partial charge in [-0.05, 0) is 41.8 Å². The molecule has 11 rings (SSSR count). The van der Waals surface area contributed by atoms with Gasteiger partial charge in [0, 0.05) is 67.6 Å². The SMILES string of the molecule is c1ccc2c(c1)sc1c3cc(-c4nc(-c5cccc6sc7ccccc7c56)nc(-n5c6ccccc6c6ccccc65)n4)ccc3ccc21. The third-order valence-corrected chi connectivity index (χ3v) is 12.0. The minimum Gasteiger partial charge on any atom is -0.278 e. The number of aromatic nitrogens is 4. The van der Waals surface area contributed by atoms with Crippen LogP contribution in [0.25, 0.3) is 102 Å². The van der Waals surface area contributed by atoms with Crippen LogP contribution < -0.4 is 0 Å². The average molecular weight is 661 g/mol. The van der Waals surface area contributed by atoms with E-state index in [4.69, 9.17) is 15.0 Å². The van der Waals surface area contributed by atoms with Crippen molar-refractivity contribution in [1.29, 1.82) is 0 Å². The number of para-hydroxylation sites is 2. The highest BCUT2D eigenvalue weighted by molar-refractivity contribution is 7.26. The molecule has 0 atom stereocenters. The Bertz CT molecular complexity index is 3080. The predicted molar refractivity (Wildman–Crippen MR) is 208 cm³/mol. The third kappa shape index (κ3) is 3.99. The Kier molecular flexibility index (Phi) is 5.67. The fraction of sp³-hybridized carbons (Fsp3) is 0. The molecule has 49 heavy (non-hydrogen) atoms. The number of thiophene rings is 2. The number of rotatable bonds is 3. The molecule has 4 aromatic heterocycles. The zero-order chi connectivity index (χ0) is 32.1. The van der Waals surface area contributed by atoms with Crippen LogP contribution in [0.4, 0.5) is 0 Å². The summed E-state index contributed by atoms with van der Waals surface area (Å²) in [7, 11) is 0. The smallest absolute Gasteiger partial charge is 0.238 e. The minimum atomic E-state index is 0.606. The van der Waals surface area contributed by atoms with Crippen molar-refractivity contribution in [2.45, 2.75) is 0 Å². The second kappa shape index (κ2) is 10.3. The Labute approximate surface area is 288 Å². The van der Waals surface area contributed by atoms with Crippen LogP contribution in [-0.4, -0.2) is 19.5 Å². The van der Waals surface area contributed by atoms with Crippen molar-refractivity contribution in [3.8, 4) is 28.7 Å². The van der Waals surface area contributed by atoms with Crippen LogP contribution in [0, 0.1) is 0 Å². The molecule has 0 aliphatic heterocycles. The minimum absolute atomic E-state index is 0.606. The number of nitrogens with zero attached hydrogens (tertiary/aromatic N) is 4.